The lowest BCUT2D eigenvalue weighted by molar-refractivity contribution is -0.140. The van der Waals surface area contributed by atoms with Crippen molar-refractivity contribution in [3.05, 3.63) is 29.8 Å². The van der Waals surface area contributed by atoms with Crippen molar-refractivity contribution >= 4 is 11.9 Å². The zero-order chi connectivity index (χ0) is 18.1. The first-order valence-corrected chi connectivity index (χ1v) is 8.54. The lowest BCUT2D eigenvalue weighted by atomic mass is 10.1. The van der Waals surface area contributed by atoms with E-state index >= 15 is 0 Å². The number of ether oxygens (including phenoxy) is 3. The van der Waals surface area contributed by atoms with Crippen LogP contribution in [0.15, 0.2) is 24.3 Å². The summed E-state index contributed by atoms with van der Waals surface area (Å²) in [6.45, 7) is 1.34. The van der Waals surface area contributed by atoms with E-state index in [4.69, 9.17) is 15.2 Å². The Morgan fingerprint density at radius 2 is 2.04 bits per heavy atom. The van der Waals surface area contributed by atoms with Gasteiger partial charge < -0.3 is 25.3 Å². The smallest absolute Gasteiger partial charge is 0.305 e. The minimum atomic E-state index is -0.397. The van der Waals surface area contributed by atoms with E-state index in [0.717, 1.165) is 17.7 Å². The Labute approximate surface area is 147 Å². The van der Waals surface area contributed by atoms with Crippen LogP contribution in [0, 0.1) is 0 Å². The Hall–Kier alpha value is -2.12. The zero-order valence-corrected chi connectivity index (χ0v) is 14.5. The Bertz CT molecular complexity index is 561. The Morgan fingerprint density at radius 1 is 1.28 bits per heavy atom. The third-order valence-corrected chi connectivity index (χ3v) is 4.07. The molecule has 25 heavy (non-hydrogen) atoms. The van der Waals surface area contributed by atoms with E-state index in [1.54, 1.807) is 0 Å². The lowest BCUT2D eigenvalue weighted by Crippen LogP contribution is -2.35. The average molecular weight is 350 g/mol. The molecule has 0 unspecified atom stereocenters. The van der Waals surface area contributed by atoms with Gasteiger partial charge in [0, 0.05) is 19.5 Å². The summed E-state index contributed by atoms with van der Waals surface area (Å²) in [5, 5.41) is 2.88. The van der Waals surface area contributed by atoms with Crippen LogP contribution in [0.4, 0.5) is 0 Å². The van der Waals surface area contributed by atoms with Crippen molar-refractivity contribution in [2.45, 2.75) is 44.4 Å². The predicted octanol–water partition coefficient (Wildman–Crippen LogP) is 1.14. The molecule has 1 aliphatic rings. The summed E-state index contributed by atoms with van der Waals surface area (Å²) in [5.74, 6) is 0.391. The highest BCUT2D eigenvalue weighted by atomic mass is 16.5. The number of carbonyl (C=O) groups excluding carboxylic acids is 2. The van der Waals surface area contributed by atoms with Gasteiger partial charge in [-0.25, -0.2) is 0 Å². The van der Waals surface area contributed by atoms with Crippen LogP contribution >= 0.6 is 0 Å². The van der Waals surface area contributed by atoms with Crippen LogP contribution in [0.3, 0.4) is 0 Å². The molecule has 2 atom stereocenters. The largest absolute Gasteiger partial charge is 0.494 e. The second-order valence-electron chi connectivity index (χ2n) is 5.95. The van der Waals surface area contributed by atoms with E-state index in [0.29, 0.717) is 39.0 Å². The minimum Gasteiger partial charge on any atom is -0.494 e. The molecule has 1 aromatic rings. The molecule has 0 saturated carbocycles. The van der Waals surface area contributed by atoms with Crippen molar-refractivity contribution in [1.82, 2.24) is 5.32 Å². The fraction of sp³-hybridized carbons (Fsp3) is 0.556. The van der Waals surface area contributed by atoms with E-state index in [9.17, 15) is 9.59 Å². The van der Waals surface area contributed by atoms with Crippen LogP contribution in [-0.4, -0.2) is 44.3 Å². The van der Waals surface area contributed by atoms with Crippen LogP contribution in [0.1, 0.15) is 31.2 Å². The average Bonchev–Trinajstić information content (AvgIpc) is 3.13. The molecule has 0 aliphatic carbocycles. The summed E-state index contributed by atoms with van der Waals surface area (Å²) < 4.78 is 15.7. The van der Waals surface area contributed by atoms with Crippen molar-refractivity contribution in [2.24, 2.45) is 5.73 Å². The SMILES string of the molecule is COC(=O)CCCOc1ccc(CNC(=O)[C@@H]2CC[C@H](CN)O2)cc1. The standard InChI is InChI=1S/C18H26N2O5/c1-23-17(21)3-2-10-24-14-6-4-13(5-7-14)12-20-18(22)16-9-8-15(11-19)25-16/h4-7,15-16H,2-3,8-12,19H2,1H3,(H,20,22)/t15-,16+/m1/s1. The number of hydrogen-bond donors (Lipinski definition) is 2. The number of carbonyl (C=O) groups is 2. The minimum absolute atomic E-state index is 0.00800. The highest BCUT2D eigenvalue weighted by Crippen LogP contribution is 2.19. The number of methoxy groups -OCH3 is 1. The summed E-state index contributed by atoms with van der Waals surface area (Å²) in [7, 11) is 1.37. The maximum absolute atomic E-state index is 12.1. The molecule has 1 saturated heterocycles. The highest BCUT2D eigenvalue weighted by Gasteiger charge is 2.29. The van der Waals surface area contributed by atoms with Crippen molar-refractivity contribution in [3.63, 3.8) is 0 Å². The summed E-state index contributed by atoms with van der Waals surface area (Å²) in [4.78, 5) is 23.1. The first-order valence-electron chi connectivity index (χ1n) is 8.54. The summed E-state index contributed by atoms with van der Waals surface area (Å²) in [5.41, 5.74) is 6.52. The van der Waals surface area contributed by atoms with E-state index in [-0.39, 0.29) is 18.0 Å². The maximum Gasteiger partial charge on any atom is 0.305 e. The number of nitrogens with two attached hydrogens (primary N) is 1. The molecular weight excluding hydrogens is 324 g/mol. The van der Waals surface area contributed by atoms with Crippen LogP contribution in [-0.2, 0) is 25.6 Å². The molecular formula is C18H26N2O5. The first kappa shape index (κ1) is 19.2. The van der Waals surface area contributed by atoms with E-state index in [2.05, 4.69) is 10.1 Å². The monoisotopic (exact) mass is 350 g/mol. The second kappa shape index (κ2) is 10.0. The lowest BCUT2D eigenvalue weighted by Gasteiger charge is -2.13. The van der Waals surface area contributed by atoms with Crippen molar-refractivity contribution < 1.29 is 23.8 Å². The molecule has 0 spiro atoms. The number of benzene rings is 1. The van der Waals surface area contributed by atoms with Gasteiger partial charge in [0.25, 0.3) is 0 Å². The predicted molar refractivity (Wildman–Crippen MR) is 92.0 cm³/mol. The van der Waals surface area contributed by atoms with Gasteiger partial charge in [0.1, 0.15) is 11.9 Å². The molecule has 0 aromatic heterocycles. The normalized spacial score (nSPS) is 19.4. The van der Waals surface area contributed by atoms with Gasteiger partial charge in [-0.1, -0.05) is 12.1 Å². The van der Waals surface area contributed by atoms with Gasteiger partial charge in [-0.3, -0.25) is 9.59 Å². The highest BCUT2D eigenvalue weighted by molar-refractivity contribution is 5.81. The molecule has 2 rings (SSSR count). The number of nitrogens with one attached hydrogen (secondary N) is 1. The molecule has 138 valence electrons. The number of esters is 1. The number of hydrogen-bond acceptors (Lipinski definition) is 6. The number of amides is 1. The third-order valence-electron chi connectivity index (χ3n) is 4.07. The Balaban J connectivity index is 1.68. The molecule has 1 aromatic carbocycles. The van der Waals surface area contributed by atoms with Crippen molar-refractivity contribution in [3.8, 4) is 5.75 Å². The van der Waals surface area contributed by atoms with Gasteiger partial charge in [0.15, 0.2) is 0 Å². The molecule has 0 radical (unpaired) electrons. The third kappa shape index (κ3) is 6.36. The Kier molecular flexibility index (Phi) is 7.69. The molecule has 0 bridgehead atoms. The summed E-state index contributed by atoms with van der Waals surface area (Å²) in [6, 6.07) is 7.48. The van der Waals surface area contributed by atoms with Crippen LogP contribution in [0.2, 0.25) is 0 Å². The fourth-order valence-corrected chi connectivity index (χ4v) is 2.59. The number of rotatable bonds is 9. The quantitative estimate of drug-likeness (QED) is 0.512. The maximum atomic E-state index is 12.1. The van der Waals surface area contributed by atoms with E-state index < -0.39 is 6.10 Å². The Morgan fingerprint density at radius 3 is 2.68 bits per heavy atom. The fourth-order valence-electron chi connectivity index (χ4n) is 2.59. The van der Waals surface area contributed by atoms with Gasteiger partial charge in [-0.2, -0.15) is 0 Å². The first-order chi connectivity index (χ1) is 12.1. The summed E-state index contributed by atoms with van der Waals surface area (Å²) in [6.07, 6.45) is 2.09. The van der Waals surface area contributed by atoms with Crippen LogP contribution in [0.5, 0.6) is 5.75 Å². The molecule has 7 nitrogen and oxygen atoms in total. The summed E-state index contributed by atoms with van der Waals surface area (Å²) >= 11 is 0. The molecule has 1 aliphatic heterocycles. The second-order valence-corrected chi connectivity index (χ2v) is 5.95. The molecule has 1 amide bonds. The van der Waals surface area contributed by atoms with Crippen LogP contribution < -0.4 is 15.8 Å². The van der Waals surface area contributed by atoms with Crippen molar-refractivity contribution in [1.29, 1.82) is 0 Å². The molecule has 1 heterocycles. The van der Waals surface area contributed by atoms with Crippen LogP contribution in [0.25, 0.3) is 0 Å². The van der Waals surface area contributed by atoms with Gasteiger partial charge in [0.2, 0.25) is 5.91 Å². The van der Waals surface area contributed by atoms with Gasteiger partial charge >= 0.3 is 5.97 Å². The van der Waals surface area contributed by atoms with Gasteiger partial charge in [0.05, 0.1) is 19.8 Å². The van der Waals surface area contributed by atoms with Crippen molar-refractivity contribution in [2.75, 3.05) is 20.3 Å². The van der Waals surface area contributed by atoms with Gasteiger partial charge in [-0.05, 0) is 37.0 Å². The zero-order valence-electron chi connectivity index (χ0n) is 14.5. The molecule has 7 heteroatoms. The molecule has 3 N–H and O–H groups in total. The van der Waals surface area contributed by atoms with E-state index in [1.165, 1.54) is 7.11 Å². The molecule has 1 fully saturated rings. The van der Waals surface area contributed by atoms with E-state index in [1.807, 2.05) is 24.3 Å². The van der Waals surface area contributed by atoms with Gasteiger partial charge in [-0.15, -0.1) is 0 Å². The topological polar surface area (TPSA) is 99.9 Å².